The highest BCUT2D eigenvalue weighted by molar-refractivity contribution is 7.88. The molecule has 5 nitrogen and oxygen atoms in total. The molecule has 0 unspecified atom stereocenters. The maximum atomic E-state index is 12.4. The Labute approximate surface area is 142 Å². The molecule has 3 rings (SSSR count). The second-order valence-electron chi connectivity index (χ2n) is 6.03. The summed E-state index contributed by atoms with van der Waals surface area (Å²) in [5.74, 6) is -0.116. The third-order valence-corrected chi connectivity index (χ3v) is 4.90. The Morgan fingerprint density at radius 3 is 2.50 bits per heavy atom. The Morgan fingerprint density at radius 2 is 1.79 bits per heavy atom. The van der Waals surface area contributed by atoms with Crippen molar-refractivity contribution in [3.05, 3.63) is 71.3 Å². The second kappa shape index (κ2) is 6.75. The number of nitrogens with zero attached hydrogens (tertiary/aromatic N) is 1. The summed E-state index contributed by atoms with van der Waals surface area (Å²) >= 11 is 0. The van der Waals surface area contributed by atoms with Gasteiger partial charge >= 0.3 is 0 Å². The minimum atomic E-state index is -3.38. The fourth-order valence-corrected chi connectivity index (χ4v) is 3.46. The number of benzene rings is 2. The summed E-state index contributed by atoms with van der Waals surface area (Å²) in [6.45, 7) is 0.845. The van der Waals surface area contributed by atoms with Gasteiger partial charge in [-0.1, -0.05) is 54.6 Å². The maximum Gasteiger partial charge on any atom is 0.237 e. The van der Waals surface area contributed by atoms with Gasteiger partial charge < -0.3 is 4.90 Å². The normalized spacial score (nSPS) is 17.4. The van der Waals surface area contributed by atoms with E-state index in [-0.39, 0.29) is 18.4 Å². The van der Waals surface area contributed by atoms with Crippen molar-refractivity contribution in [2.45, 2.75) is 12.5 Å². The number of amides is 1. The molecule has 1 amide bonds. The Bertz CT molecular complexity index is 834. The molecule has 0 bridgehead atoms. The van der Waals surface area contributed by atoms with Gasteiger partial charge in [0, 0.05) is 19.0 Å². The van der Waals surface area contributed by atoms with Gasteiger partial charge in [-0.15, -0.1) is 0 Å². The first-order valence-corrected chi connectivity index (χ1v) is 9.68. The molecule has 6 heteroatoms. The number of nitrogens with one attached hydrogen (secondary N) is 1. The molecule has 0 aliphatic carbocycles. The first kappa shape index (κ1) is 16.7. The third kappa shape index (κ3) is 3.83. The lowest BCUT2D eigenvalue weighted by Gasteiger charge is -2.35. The number of rotatable bonds is 4. The van der Waals surface area contributed by atoms with Gasteiger partial charge in [0.25, 0.3) is 0 Å². The zero-order chi connectivity index (χ0) is 17.2. The summed E-state index contributed by atoms with van der Waals surface area (Å²) in [6.07, 6.45) is 1.05. The van der Waals surface area contributed by atoms with Crippen LogP contribution in [-0.2, 0) is 21.4 Å². The van der Waals surface area contributed by atoms with Crippen LogP contribution in [0.25, 0.3) is 0 Å². The van der Waals surface area contributed by atoms with Crippen molar-refractivity contribution in [2.24, 2.45) is 0 Å². The van der Waals surface area contributed by atoms with E-state index in [1.54, 1.807) is 4.90 Å². The van der Waals surface area contributed by atoms with E-state index < -0.39 is 10.0 Å². The molecule has 1 N–H and O–H groups in total. The molecule has 1 atom stereocenters. The van der Waals surface area contributed by atoms with Crippen molar-refractivity contribution in [1.29, 1.82) is 0 Å². The molecule has 1 aliphatic heterocycles. The predicted molar refractivity (Wildman–Crippen MR) is 93.0 cm³/mol. The number of carbonyl (C=O) groups excluding carboxylic acids is 1. The first-order valence-electron chi connectivity index (χ1n) is 7.79. The molecule has 1 aliphatic rings. The minimum absolute atomic E-state index is 0.0957. The summed E-state index contributed by atoms with van der Waals surface area (Å²) in [6, 6.07) is 18.2. The molecule has 0 spiro atoms. The molecule has 0 saturated heterocycles. The van der Waals surface area contributed by atoms with Gasteiger partial charge in [-0.05, 0) is 16.7 Å². The number of hydrogen-bond donors (Lipinski definition) is 1. The van der Waals surface area contributed by atoms with Gasteiger partial charge in [-0.3, -0.25) is 4.79 Å². The summed E-state index contributed by atoms with van der Waals surface area (Å²) in [4.78, 5) is 14.2. The van der Waals surface area contributed by atoms with Gasteiger partial charge in [0.1, 0.15) is 0 Å². The number of fused-ring (bicyclic) bond motifs is 1. The standard InChI is InChI=1S/C18H20N2O3S/c1-24(22,23)19-11-18(21)20-12-15-9-5-6-10-16(15)17(13-20)14-7-3-2-4-8-14/h2-10,17,19H,11-13H2,1H3/t17-/m0/s1. The Kier molecular flexibility index (Phi) is 4.69. The molecule has 0 saturated carbocycles. The fraction of sp³-hybridized carbons (Fsp3) is 0.278. The van der Waals surface area contributed by atoms with E-state index in [1.165, 1.54) is 5.56 Å². The van der Waals surface area contributed by atoms with Crippen molar-refractivity contribution in [1.82, 2.24) is 9.62 Å². The molecule has 0 aromatic heterocycles. The summed E-state index contributed by atoms with van der Waals surface area (Å²) in [5.41, 5.74) is 3.48. The van der Waals surface area contributed by atoms with Crippen LogP contribution in [-0.4, -0.2) is 38.6 Å². The van der Waals surface area contributed by atoms with Crippen LogP contribution >= 0.6 is 0 Å². The zero-order valence-electron chi connectivity index (χ0n) is 13.5. The van der Waals surface area contributed by atoms with E-state index in [2.05, 4.69) is 22.9 Å². The largest absolute Gasteiger partial charge is 0.336 e. The average Bonchev–Trinajstić information content (AvgIpc) is 2.59. The predicted octanol–water partition coefficient (Wildman–Crippen LogP) is 1.71. The molecule has 24 heavy (non-hydrogen) atoms. The molecule has 1 heterocycles. The van der Waals surface area contributed by atoms with E-state index in [0.29, 0.717) is 13.1 Å². The highest BCUT2D eigenvalue weighted by Gasteiger charge is 2.28. The molecule has 0 radical (unpaired) electrons. The van der Waals surface area contributed by atoms with Gasteiger partial charge in [0.05, 0.1) is 12.8 Å². The second-order valence-corrected chi connectivity index (χ2v) is 7.86. The zero-order valence-corrected chi connectivity index (χ0v) is 14.3. The van der Waals surface area contributed by atoms with Crippen LogP contribution in [0.15, 0.2) is 54.6 Å². The van der Waals surface area contributed by atoms with Gasteiger partial charge in [-0.2, -0.15) is 0 Å². The first-order chi connectivity index (χ1) is 11.4. The molecule has 2 aromatic carbocycles. The monoisotopic (exact) mass is 344 g/mol. The molecule has 0 fully saturated rings. The van der Waals surface area contributed by atoms with Crippen molar-refractivity contribution < 1.29 is 13.2 Å². The van der Waals surface area contributed by atoms with Crippen LogP contribution in [0.1, 0.15) is 22.6 Å². The highest BCUT2D eigenvalue weighted by atomic mass is 32.2. The van der Waals surface area contributed by atoms with Crippen molar-refractivity contribution >= 4 is 15.9 Å². The van der Waals surface area contributed by atoms with E-state index >= 15 is 0 Å². The van der Waals surface area contributed by atoms with Gasteiger partial charge in [-0.25, -0.2) is 13.1 Å². The van der Waals surface area contributed by atoms with Crippen LogP contribution in [0.4, 0.5) is 0 Å². The smallest absolute Gasteiger partial charge is 0.237 e. The van der Waals surface area contributed by atoms with Gasteiger partial charge in [0.2, 0.25) is 15.9 Å². The number of hydrogen-bond acceptors (Lipinski definition) is 3. The SMILES string of the molecule is CS(=O)(=O)NCC(=O)N1Cc2ccccc2[C@H](c2ccccc2)C1. The van der Waals surface area contributed by atoms with Crippen LogP contribution in [0.2, 0.25) is 0 Å². The maximum absolute atomic E-state index is 12.4. The van der Waals surface area contributed by atoms with Crippen molar-refractivity contribution in [2.75, 3.05) is 19.3 Å². The van der Waals surface area contributed by atoms with E-state index in [9.17, 15) is 13.2 Å². The third-order valence-electron chi connectivity index (χ3n) is 4.23. The Hall–Kier alpha value is -2.18. The topological polar surface area (TPSA) is 66.5 Å². The summed E-state index contributed by atoms with van der Waals surface area (Å²) in [7, 11) is -3.38. The molecule has 2 aromatic rings. The quantitative estimate of drug-likeness (QED) is 0.918. The van der Waals surface area contributed by atoms with E-state index in [4.69, 9.17) is 0 Å². The van der Waals surface area contributed by atoms with E-state index in [1.807, 2.05) is 36.4 Å². The highest BCUT2D eigenvalue weighted by Crippen LogP contribution is 2.33. The van der Waals surface area contributed by atoms with Crippen LogP contribution in [0.3, 0.4) is 0 Å². The minimum Gasteiger partial charge on any atom is -0.336 e. The van der Waals surface area contributed by atoms with Gasteiger partial charge in [0.15, 0.2) is 0 Å². The van der Waals surface area contributed by atoms with Crippen LogP contribution in [0, 0.1) is 0 Å². The van der Waals surface area contributed by atoms with Crippen molar-refractivity contribution in [3.8, 4) is 0 Å². The lowest BCUT2D eigenvalue weighted by Crippen LogP contribution is -2.43. The van der Waals surface area contributed by atoms with Crippen LogP contribution in [0.5, 0.6) is 0 Å². The average molecular weight is 344 g/mol. The van der Waals surface area contributed by atoms with E-state index in [0.717, 1.165) is 17.4 Å². The van der Waals surface area contributed by atoms with Crippen molar-refractivity contribution in [3.63, 3.8) is 0 Å². The van der Waals surface area contributed by atoms with Crippen LogP contribution < -0.4 is 4.72 Å². The Morgan fingerprint density at radius 1 is 1.12 bits per heavy atom. The summed E-state index contributed by atoms with van der Waals surface area (Å²) in [5, 5.41) is 0. The fourth-order valence-electron chi connectivity index (χ4n) is 3.07. The molecular formula is C18H20N2O3S. The molecular weight excluding hydrogens is 324 g/mol. The summed E-state index contributed by atoms with van der Waals surface area (Å²) < 4.78 is 24.7. The Balaban J connectivity index is 1.87. The lowest BCUT2D eigenvalue weighted by atomic mass is 9.84. The number of carbonyl (C=O) groups is 1. The molecule has 126 valence electrons. The lowest BCUT2D eigenvalue weighted by molar-refractivity contribution is -0.131. The number of sulfonamides is 1.